The molecule has 6 rings (SSSR count). The van der Waals surface area contributed by atoms with Crippen LogP contribution >= 0.6 is 11.3 Å². The first-order valence-electron chi connectivity index (χ1n) is 15.7. The third-order valence-corrected chi connectivity index (χ3v) is 11.4. The van der Waals surface area contributed by atoms with E-state index in [1.165, 1.54) is 56.5 Å². The summed E-state index contributed by atoms with van der Waals surface area (Å²) in [6.45, 7) is 12.9. The fraction of sp³-hybridized carbons (Fsp3) is 0.562. The summed E-state index contributed by atoms with van der Waals surface area (Å²) >= 11 is 1.79. The molecule has 4 aromatic heterocycles. The Morgan fingerprint density at radius 2 is 1.79 bits per heavy atom. The van der Waals surface area contributed by atoms with Gasteiger partial charge in [-0.3, -0.25) is 14.6 Å². The van der Waals surface area contributed by atoms with Crippen LogP contribution in [-0.2, 0) is 11.3 Å². The van der Waals surface area contributed by atoms with Crippen LogP contribution in [0.5, 0.6) is 0 Å². The predicted octanol–water partition coefficient (Wildman–Crippen LogP) is 7.54. The summed E-state index contributed by atoms with van der Waals surface area (Å²) in [5.74, 6) is 1.49. The van der Waals surface area contributed by atoms with E-state index in [9.17, 15) is 0 Å². The molecule has 5 heterocycles. The predicted molar refractivity (Wildman–Crippen MR) is 175 cm³/mol. The summed E-state index contributed by atoms with van der Waals surface area (Å²) in [5, 5.41) is 5.59. The highest BCUT2D eigenvalue weighted by molar-refractivity contribution is 7.15. The van der Waals surface area contributed by atoms with Crippen molar-refractivity contribution in [1.29, 1.82) is 0 Å². The molecule has 224 valence electrons. The van der Waals surface area contributed by atoms with E-state index in [0.29, 0.717) is 12.6 Å². The summed E-state index contributed by atoms with van der Waals surface area (Å²) in [6.07, 6.45) is 17.1. The monoisotopic (exact) mass is 603 g/mol. The molecule has 0 bridgehead atoms. The maximum absolute atomic E-state index is 6.25. The summed E-state index contributed by atoms with van der Waals surface area (Å²) in [7, 11) is -1.18. The van der Waals surface area contributed by atoms with Gasteiger partial charge in [0.2, 0.25) is 0 Å². The van der Waals surface area contributed by atoms with Gasteiger partial charge in [-0.25, -0.2) is 9.97 Å². The third-order valence-electron chi connectivity index (χ3n) is 8.54. The Labute approximate surface area is 255 Å². The second kappa shape index (κ2) is 13.3. The van der Waals surface area contributed by atoms with Gasteiger partial charge in [-0.05, 0) is 81.9 Å². The summed E-state index contributed by atoms with van der Waals surface area (Å²) in [5.41, 5.74) is 3.86. The van der Waals surface area contributed by atoms with Crippen LogP contribution in [0, 0.1) is 0 Å². The van der Waals surface area contributed by atoms with E-state index >= 15 is 0 Å². The van der Waals surface area contributed by atoms with Gasteiger partial charge in [0.05, 0.1) is 17.2 Å². The molecule has 42 heavy (non-hydrogen) atoms. The van der Waals surface area contributed by atoms with Crippen LogP contribution in [0.25, 0.3) is 22.2 Å². The van der Waals surface area contributed by atoms with Crippen molar-refractivity contribution in [2.75, 3.05) is 37.9 Å². The standard InChI is InChI=1S/C32H45N7OSSi/c1-42(2,3)18-17-40-24-39(32-34-22-30(41-32)25-9-4-5-10-25)31-12-11-28-29(36-31)19-26(20-33-28)27-21-35-38(23-27)16-8-15-37-13-6-7-14-37/h11-12,19-23,25H,4-10,13-18,24H2,1-3H3. The molecule has 8 nitrogen and oxygen atoms in total. The molecule has 0 N–H and O–H groups in total. The first-order chi connectivity index (χ1) is 20.4. The number of aromatic nitrogens is 5. The molecule has 0 atom stereocenters. The highest BCUT2D eigenvalue weighted by atomic mass is 32.1. The zero-order chi connectivity index (χ0) is 28.9. The largest absolute Gasteiger partial charge is 0.361 e. The molecule has 1 aliphatic heterocycles. The number of thiazole rings is 1. The molecule has 2 fully saturated rings. The number of hydrogen-bond acceptors (Lipinski definition) is 8. The van der Waals surface area contributed by atoms with Gasteiger partial charge in [-0.2, -0.15) is 5.10 Å². The number of fused-ring (bicyclic) bond motifs is 1. The summed E-state index contributed by atoms with van der Waals surface area (Å²) < 4.78 is 8.30. The average Bonchev–Trinajstić information content (AvgIpc) is 3.79. The van der Waals surface area contributed by atoms with Crippen molar-refractivity contribution in [3.63, 3.8) is 0 Å². The maximum Gasteiger partial charge on any atom is 0.193 e. The Balaban J connectivity index is 1.20. The molecule has 0 radical (unpaired) electrons. The number of likely N-dealkylation sites (tertiary alicyclic amines) is 1. The molecule has 0 spiro atoms. The molecule has 4 aromatic rings. The van der Waals surface area contributed by atoms with E-state index in [1.807, 2.05) is 18.5 Å². The molecular formula is C32H45N7OSSi. The van der Waals surface area contributed by atoms with Crippen molar-refractivity contribution in [3.05, 3.63) is 47.9 Å². The van der Waals surface area contributed by atoms with Gasteiger partial charge in [0.15, 0.2) is 5.13 Å². The number of nitrogens with zero attached hydrogens (tertiary/aromatic N) is 7. The van der Waals surface area contributed by atoms with Crippen molar-refractivity contribution in [2.45, 2.75) is 83.1 Å². The first kappa shape index (κ1) is 29.4. The Kier molecular flexibility index (Phi) is 9.33. The van der Waals surface area contributed by atoms with Crippen molar-refractivity contribution in [1.82, 2.24) is 29.6 Å². The van der Waals surface area contributed by atoms with Crippen LogP contribution in [0.3, 0.4) is 0 Å². The van der Waals surface area contributed by atoms with Gasteiger partial charge in [0, 0.05) is 55.8 Å². The highest BCUT2D eigenvalue weighted by Gasteiger charge is 2.23. The van der Waals surface area contributed by atoms with E-state index in [1.54, 1.807) is 11.3 Å². The fourth-order valence-corrected chi connectivity index (χ4v) is 7.79. The van der Waals surface area contributed by atoms with Crippen LogP contribution in [0.1, 0.15) is 55.7 Å². The smallest absolute Gasteiger partial charge is 0.193 e. The van der Waals surface area contributed by atoms with Crippen molar-refractivity contribution in [3.8, 4) is 11.1 Å². The van der Waals surface area contributed by atoms with Crippen LogP contribution < -0.4 is 4.90 Å². The van der Waals surface area contributed by atoms with Crippen molar-refractivity contribution < 1.29 is 4.74 Å². The quantitative estimate of drug-likeness (QED) is 0.0888. The molecule has 2 aliphatic rings. The maximum atomic E-state index is 6.25. The number of anilines is 2. The van der Waals surface area contributed by atoms with Gasteiger partial charge in [-0.15, -0.1) is 11.3 Å². The lowest BCUT2D eigenvalue weighted by Crippen LogP contribution is -2.26. The van der Waals surface area contributed by atoms with Gasteiger partial charge < -0.3 is 9.64 Å². The Bertz CT molecular complexity index is 1450. The number of hydrogen-bond donors (Lipinski definition) is 0. The minimum Gasteiger partial charge on any atom is -0.361 e. The number of pyridine rings is 2. The molecule has 0 unspecified atom stereocenters. The van der Waals surface area contributed by atoms with Crippen LogP contribution in [-0.4, -0.2) is 70.7 Å². The molecular weight excluding hydrogens is 559 g/mol. The number of rotatable bonds is 13. The molecule has 1 aliphatic carbocycles. The van der Waals surface area contributed by atoms with Crippen LogP contribution in [0.2, 0.25) is 25.7 Å². The Morgan fingerprint density at radius 1 is 0.952 bits per heavy atom. The van der Waals surface area contributed by atoms with Crippen LogP contribution in [0.4, 0.5) is 10.9 Å². The molecule has 0 aromatic carbocycles. The lowest BCUT2D eigenvalue weighted by atomic mass is 10.1. The lowest BCUT2D eigenvalue weighted by molar-refractivity contribution is 0.153. The summed E-state index contributed by atoms with van der Waals surface area (Å²) in [4.78, 5) is 20.8. The Morgan fingerprint density at radius 3 is 2.60 bits per heavy atom. The number of ether oxygens (including phenoxy) is 1. The SMILES string of the molecule is C[Si](C)(C)CCOCN(c1ccc2ncc(-c3cnn(CCCN4CCCC4)c3)cc2n1)c1ncc(C2CCCC2)s1. The van der Waals surface area contributed by atoms with Crippen LogP contribution in [0.15, 0.2) is 43.0 Å². The minimum atomic E-state index is -1.18. The summed E-state index contributed by atoms with van der Waals surface area (Å²) in [6, 6.07) is 7.37. The van der Waals surface area contributed by atoms with E-state index in [-0.39, 0.29) is 0 Å². The molecule has 10 heteroatoms. The number of aryl methyl sites for hydroxylation is 1. The van der Waals surface area contributed by atoms with Crippen molar-refractivity contribution >= 4 is 41.4 Å². The fourth-order valence-electron chi connectivity index (χ4n) is 5.96. The highest BCUT2D eigenvalue weighted by Crippen LogP contribution is 2.40. The lowest BCUT2D eigenvalue weighted by Gasteiger charge is -2.22. The third kappa shape index (κ3) is 7.45. The average molecular weight is 604 g/mol. The zero-order valence-corrected chi connectivity index (χ0v) is 27.3. The molecule has 1 saturated heterocycles. The topological polar surface area (TPSA) is 72.2 Å². The zero-order valence-electron chi connectivity index (χ0n) is 25.5. The van der Waals surface area contributed by atoms with E-state index in [4.69, 9.17) is 19.7 Å². The van der Waals surface area contributed by atoms with Crippen molar-refractivity contribution in [2.24, 2.45) is 0 Å². The second-order valence-electron chi connectivity index (χ2n) is 13.1. The Hall–Kier alpha value is -2.66. The second-order valence-corrected chi connectivity index (χ2v) is 19.8. The van der Waals surface area contributed by atoms with Gasteiger partial charge >= 0.3 is 0 Å². The first-order valence-corrected chi connectivity index (χ1v) is 20.3. The van der Waals surface area contributed by atoms with E-state index in [0.717, 1.165) is 65.3 Å². The minimum absolute atomic E-state index is 0.442. The normalized spacial score (nSPS) is 16.6. The molecule has 1 saturated carbocycles. The molecule has 0 amide bonds. The van der Waals surface area contributed by atoms with Gasteiger partial charge in [0.1, 0.15) is 12.5 Å². The van der Waals surface area contributed by atoms with E-state index < -0.39 is 8.07 Å². The van der Waals surface area contributed by atoms with Gasteiger partial charge in [0.25, 0.3) is 0 Å². The van der Waals surface area contributed by atoms with E-state index in [2.05, 4.69) is 63.7 Å². The van der Waals surface area contributed by atoms with Gasteiger partial charge in [-0.1, -0.05) is 32.5 Å².